The number of nitrogens with two attached hydrogens (primary N) is 1. The summed E-state index contributed by atoms with van der Waals surface area (Å²) in [6, 6.07) is 11.8. The molecule has 21 heavy (non-hydrogen) atoms. The molecule has 106 valence electrons. The molecule has 0 aliphatic heterocycles. The van der Waals surface area contributed by atoms with E-state index in [1.165, 1.54) is 18.3 Å². The van der Waals surface area contributed by atoms with Gasteiger partial charge in [0, 0.05) is 17.8 Å². The zero-order valence-corrected chi connectivity index (χ0v) is 11.7. The third kappa shape index (κ3) is 2.50. The van der Waals surface area contributed by atoms with Gasteiger partial charge in [0.2, 0.25) is 0 Å². The first-order valence-corrected chi connectivity index (χ1v) is 7.63. The van der Waals surface area contributed by atoms with Crippen LogP contribution in [0.2, 0.25) is 0 Å². The molecular formula is C14H12N4O2S. The second-order valence-corrected chi connectivity index (χ2v) is 6.02. The predicted molar refractivity (Wildman–Crippen MR) is 81.2 cm³/mol. The Labute approximate surface area is 121 Å². The van der Waals surface area contributed by atoms with Crippen molar-refractivity contribution < 1.29 is 8.42 Å². The molecule has 0 amide bonds. The number of hydrogen-bond acceptors (Lipinski definition) is 5. The molecule has 0 spiro atoms. The van der Waals surface area contributed by atoms with Crippen LogP contribution in [-0.2, 0) is 10.0 Å². The number of pyridine rings is 2. The summed E-state index contributed by atoms with van der Waals surface area (Å²) >= 11 is 0. The van der Waals surface area contributed by atoms with Crippen molar-refractivity contribution >= 4 is 32.4 Å². The molecule has 0 atom stereocenters. The largest absolute Gasteiger partial charge is 0.383 e. The number of nitrogens with one attached hydrogen (secondary N) is 1. The van der Waals surface area contributed by atoms with Gasteiger partial charge < -0.3 is 5.73 Å². The average molecular weight is 300 g/mol. The first-order valence-electron chi connectivity index (χ1n) is 6.15. The fraction of sp³-hybridized carbons (Fsp3) is 0. The number of sulfonamides is 1. The van der Waals surface area contributed by atoms with Crippen LogP contribution >= 0.6 is 0 Å². The first-order chi connectivity index (χ1) is 10.1. The lowest BCUT2D eigenvalue weighted by Gasteiger charge is -2.11. The number of para-hydroxylation sites is 1. The Morgan fingerprint density at radius 2 is 1.67 bits per heavy atom. The van der Waals surface area contributed by atoms with E-state index in [9.17, 15) is 8.42 Å². The summed E-state index contributed by atoms with van der Waals surface area (Å²) in [5.74, 6) is -0.0433. The second kappa shape index (κ2) is 5.02. The molecule has 0 fully saturated rings. The maximum Gasteiger partial charge on any atom is 0.265 e. The van der Waals surface area contributed by atoms with Crippen LogP contribution in [-0.4, -0.2) is 18.4 Å². The standard InChI is InChI=1S/C14H12N4O2S/c15-14-12(7-3-9-17-14)21(19,20)18-11-6-1-4-10-5-2-8-16-13(10)11/h1-9,18H,(H2,15,17). The van der Waals surface area contributed by atoms with Crippen LogP contribution in [0.3, 0.4) is 0 Å². The number of nitrogens with zero attached hydrogens (tertiary/aromatic N) is 2. The normalized spacial score (nSPS) is 11.4. The van der Waals surface area contributed by atoms with Gasteiger partial charge in [-0.3, -0.25) is 9.71 Å². The molecule has 0 aliphatic carbocycles. The van der Waals surface area contributed by atoms with Crippen LogP contribution in [0.4, 0.5) is 11.5 Å². The number of hydrogen-bond donors (Lipinski definition) is 2. The van der Waals surface area contributed by atoms with Crippen LogP contribution in [0.5, 0.6) is 0 Å². The van der Waals surface area contributed by atoms with Crippen molar-refractivity contribution in [2.24, 2.45) is 0 Å². The van der Waals surface area contributed by atoms with Crippen molar-refractivity contribution in [2.75, 3.05) is 10.5 Å². The van der Waals surface area contributed by atoms with Crippen molar-refractivity contribution in [3.63, 3.8) is 0 Å². The Bertz CT molecular complexity index is 904. The van der Waals surface area contributed by atoms with E-state index in [1.54, 1.807) is 24.4 Å². The third-order valence-electron chi connectivity index (χ3n) is 2.97. The van der Waals surface area contributed by atoms with Crippen LogP contribution < -0.4 is 10.5 Å². The van der Waals surface area contributed by atoms with E-state index in [4.69, 9.17) is 5.73 Å². The zero-order valence-electron chi connectivity index (χ0n) is 10.9. The molecule has 3 rings (SSSR count). The molecule has 3 N–H and O–H groups in total. The Morgan fingerprint density at radius 1 is 0.952 bits per heavy atom. The molecule has 0 aliphatic rings. The first kappa shape index (κ1) is 13.3. The lowest BCUT2D eigenvalue weighted by molar-refractivity contribution is 0.601. The maximum atomic E-state index is 12.4. The number of aromatic nitrogens is 2. The van der Waals surface area contributed by atoms with Crippen LogP contribution in [0, 0.1) is 0 Å². The highest BCUT2D eigenvalue weighted by Gasteiger charge is 2.19. The molecular weight excluding hydrogens is 288 g/mol. The minimum Gasteiger partial charge on any atom is -0.383 e. The summed E-state index contributed by atoms with van der Waals surface area (Å²) in [6.07, 6.45) is 3.05. The van der Waals surface area contributed by atoms with E-state index in [-0.39, 0.29) is 10.7 Å². The van der Waals surface area contributed by atoms with Gasteiger partial charge in [-0.05, 0) is 24.3 Å². The summed E-state index contributed by atoms with van der Waals surface area (Å²) < 4.78 is 27.3. The Morgan fingerprint density at radius 3 is 2.48 bits per heavy atom. The highest BCUT2D eigenvalue weighted by Crippen LogP contribution is 2.24. The second-order valence-electron chi connectivity index (χ2n) is 4.37. The van der Waals surface area contributed by atoms with Gasteiger partial charge in [0.15, 0.2) is 0 Å². The molecule has 2 heterocycles. The molecule has 0 bridgehead atoms. The number of nitrogen functional groups attached to an aromatic ring is 1. The van der Waals surface area contributed by atoms with E-state index in [0.717, 1.165) is 5.39 Å². The molecule has 0 radical (unpaired) electrons. The van der Waals surface area contributed by atoms with E-state index in [2.05, 4.69) is 14.7 Å². The molecule has 2 aromatic heterocycles. The van der Waals surface area contributed by atoms with Gasteiger partial charge in [-0.2, -0.15) is 0 Å². The number of benzene rings is 1. The number of anilines is 2. The quantitative estimate of drug-likeness (QED) is 0.771. The lowest BCUT2D eigenvalue weighted by atomic mass is 10.2. The van der Waals surface area contributed by atoms with Crippen molar-refractivity contribution in [3.8, 4) is 0 Å². The monoisotopic (exact) mass is 300 g/mol. The molecule has 7 heteroatoms. The Hall–Kier alpha value is -2.67. The number of rotatable bonds is 3. The molecule has 3 aromatic rings. The molecule has 1 aromatic carbocycles. The summed E-state index contributed by atoms with van der Waals surface area (Å²) in [5, 5.41) is 0.844. The Balaban J connectivity index is 2.08. The van der Waals surface area contributed by atoms with Crippen LogP contribution in [0.1, 0.15) is 0 Å². The predicted octanol–water partition coefficient (Wildman–Crippen LogP) is 2.01. The van der Waals surface area contributed by atoms with Crippen molar-refractivity contribution in [2.45, 2.75) is 4.90 Å². The van der Waals surface area contributed by atoms with E-state index < -0.39 is 10.0 Å². The average Bonchev–Trinajstić information content (AvgIpc) is 2.47. The zero-order chi connectivity index (χ0) is 14.9. The van der Waals surface area contributed by atoms with Gasteiger partial charge in [0.05, 0.1) is 11.2 Å². The van der Waals surface area contributed by atoms with Crippen LogP contribution in [0.15, 0.2) is 59.8 Å². The van der Waals surface area contributed by atoms with Crippen LogP contribution in [0.25, 0.3) is 10.9 Å². The molecule has 0 saturated heterocycles. The van der Waals surface area contributed by atoms with Crippen molar-refractivity contribution in [3.05, 3.63) is 54.9 Å². The maximum absolute atomic E-state index is 12.4. The van der Waals surface area contributed by atoms with Gasteiger partial charge in [0.1, 0.15) is 10.7 Å². The summed E-state index contributed by atoms with van der Waals surface area (Å²) in [4.78, 5) is 7.94. The third-order valence-corrected chi connectivity index (χ3v) is 4.38. The van der Waals surface area contributed by atoms with Gasteiger partial charge >= 0.3 is 0 Å². The van der Waals surface area contributed by atoms with Gasteiger partial charge in [0.25, 0.3) is 10.0 Å². The lowest BCUT2D eigenvalue weighted by Crippen LogP contribution is -2.15. The number of fused-ring (bicyclic) bond motifs is 1. The SMILES string of the molecule is Nc1ncccc1S(=O)(=O)Nc1cccc2cccnc12. The van der Waals surface area contributed by atoms with E-state index >= 15 is 0 Å². The topological polar surface area (TPSA) is 98.0 Å². The fourth-order valence-electron chi connectivity index (χ4n) is 2.02. The van der Waals surface area contributed by atoms with Crippen molar-refractivity contribution in [1.29, 1.82) is 0 Å². The van der Waals surface area contributed by atoms with Gasteiger partial charge in [-0.1, -0.05) is 18.2 Å². The van der Waals surface area contributed by atoms with Gasteiger partial charge in [-0.25, -0.2) is 13.4 Å². The molecule has 0 saturated carbocycles. The summed E-state index contributed by atoms with van der Waals surface area (Å²) in [5.41, 5.74) is 6.60. The van der Waals surface area contributed by atoms with E-state index in [1.807, 2.05) is 12.1 Å². The Kier molecular flexibility index (Phi) is 3.19. The summed E-state index contributed by atoms with van der Waals surface area (Å²) in [7, 11) is -3.81. The smallest absolute Gasteiger partial charge is 0.265 e. The highest BCUT2D eigenvalue weighted by molar-refractivity contribution is 7.92. The van der Waals surface area contributed by atoms with Crippen molar-refractivity contribution in [1.82, 2.24) is 9.97 Å². The fourth-order valence-corrected chi connectivity index (χ4v) is 3.17. The molecule has 0 unspecified atom stereocenters. The minimum atomic E-state index is -3.81. The summed E-state index contributed by atoms with van der Waals surface area (Å²) in [6.45, 7) is 0. The molecule has 6 nitrogen and oxygen atoms in total. The minimum absolute atomic E-state index is 0.0433. The van der Waals surface area contributed by atoms with Gasteiger partial charge in [-0.15, -0.1) is 0 Å². The van der Waals surface area contributed by atoms with E-state index in [0.29, 0.717) is 11.2 Å². The highest BCUT2D eigenvalue weighted by atomic mass is 32.2.